The van der Waals surface area contributed by atoms with Crippen LogP contribution in [0.4, 0.5) is 0 Å². The molecule has 0 aliphatic heterocycles. The van der Waals surface area contributed by atoms with Gasteiger partial charge in [0, 0.05) is 11.3 Å². The average Bonchev–Trinajstić information content (AvgIpc) is 2.85. The van der Waals surface area contributed by atoms with Crippen molar-refractivity contribution < 1.29 is 9.53 Å². The summed E-state index contributed by atoms with van der Waals surface area (Å²) in [6, 6.07) is 7.60. The molecule has 0 aliphatic carbocycles. The van der Waals surface area contributed by atoms with Gasteiger partial charge in [-0.2, -0.15) is 5.10 Å². The first-order valence-corrected chi connectivity index (χ1v) is 7.05. The predicted molar refractivity (Wildman–Crippen MR) is 81.4 cm³/mol. The van der Waals surface area contributed by atoms with Crippen molar-refractivity contribution in [3.63, 3.8) is 0 Å². The first-order valence-electron chi connectivity index (χ1n) is 7.05. The highest BCUT2D eigenvalue weighted by atomic mass is 16.5. The van der Waals surface area contributed by atoms with E-state index in [4.69, 9.17) is 4.74 Å². The number of aryl methyl sites for hydroxylation is 1. The summed E-state index contributed by atoms with van der Waals surface area (Å²) in [5, 5.41) is 9.61. The number of aromatic nitrogens is 2. The van der Waals surface area contributed by atoms with E-state index >= 15 is 0 Å². The first-order chi connectivity index (χ1) is 9.99. The van der Waals surface area contributed by atoms with Crippen molar-refractivity contribution in [2.75, 3.05) is 0 Å². The molecule has 0 aliphatic rings. The van der Waals surface area contributed by atoms with Gasteiger partial charge in [-0.1, -0.05) is 18.2 Å². The number of aromatic amines is 1. The smallest absolute Gasteiger partial charge is 0.255 e. The lowest BCUT2D eigenvalue weighted by Gasteiger charge is -2.19. The van der Waals surface area contributed by atoms with Crippen molar-refractivity contribution in [1.82, 2.24) is 15.5 Å². The molecule has 1 heterocycles. The van der Waals surface area contributed by atoms with E-state index < -0.39 is 0 Å². The van der Waals surface area contributed by atoms with Gasteiger partial charge >= 0.3 is 0 Å². The van der Waals surface area contributed by atoms with Crippen LogP contribution in [0.15, 0.2) is 30.5 Å². The molecule has 0 radical (unpaired) electrons. The van der Waals surface area contributed by atoms with E-state index in [0.717, 1.165) is 17.0 Å². The van der Waals surface area contributed by atoms with E-state index in [1.165, 1.54) is 6.20 Å². The summed E-state index contributed by atoms with van der Waals surface area (Å²) in [4.78, 5) is 12.2. The summed E-state index contributed by atoms with van der Waals surface area (Å²) in [5.74, 6) is 0.650. The number of rotatable bonds is 5. The van der Waals surface area contributed by atoms with Gasteiger partial charge in [0.25, 0.3) is 5.91 Å². The van der Waals surface area contributed by atoms with Gasteiger partial charge in [0.05, 0.1) is 23.9 Å². The molecule has 1 atom stereocenters. The molecule has 0 fully saturated rings. The third-order valence-electron chi connectivity index (χ3n) is 3.17. The molecule has 0 saturated carbocycles. The van der Waals surface area contributed by atoms with Crippen LogP contribution >= 0.6 is 0 Å². The van der Waals surface area contributed by atoms with Gasteiger partial charge in [0.2, 0.25) is 0 Å². The second-order valence-electron chi connectivity index (χ2n) is 5.31. The van der Waals surface area contributed by atoms with E-state index in [1.54, 1.807) is 0 Å². The minimum atomic E-state index is -0.151. The lowest BCUT2D eigenvalue weighted by atomic mass is 10.1. The largest absolute Gasteiger partial charge is 0.491 e. The Hall–Kier alpha value is -2.30. The number of nitrogens with zero attached hydrogens (tertiary/aromatic N) is 1. The number of carbonyl (C=O) groups is 1. The molecule has 2 rings (SSSR count). The SMILES string of the molecule is Cc1[nH]ncc1C(=O)NC(C)c1ccccc1OC(C)C. The summed E-state index contributed by atoms with van der Waals surface area (Å²) in [6.07, 6.45) is 1.62. The topological polar surface area (TPSA) is 67.0 Å². The van der Waals surface area contributed by atoms with Gasteiger partial charge in [0.1, 0.15) is 5.75 Å². The Balaban J connectivity index is 2.15. The Kier molecular flexibility index (Phi) is 4.62. The zero-order valence-electron chi connectivity index (χ0n) is 12.8. The van der Waals surface area contributed by atoms with E-state index in [1.807, 2.05) is 52.0 Å². The molecule has 5 heteroatoms. The Bertz CT molecular complexity index is 619. The Morgan fingerprint density at radius 2 is 2.00 bits per heavy atom. The lowest BCUT2D eigenvalue weighted by molar-refractivity contribution is 0.0938. The van der Waals surface area contributed by atoms with Crippen molar-refractivity contribution in [3.8, 4) is 5.75 Å². The molecule has 2 N–H and O–H groups in total. The number of ether oxygens (including phenoxy) is 1. The van der Waals surface area contributed by atoms with Crippen molar-refractivity contribution in [2.24, 2.45) is 0 Å². The fraction of sp³-hybridized carbons (Fsp3) is 0.375. The molecular weight excluding hydrogens is 266 g/mol. The standard InChI is InChI=1S/C16H21N3O2/c1-10(2)21-15-8-6-5-7-13(15)11(3)18-16(20)14-9-17-19-12(14)4/h5-11H,1-4H3,(H,17,19)(H,18,20). The molecule has 1 unspecified atom stereocenters. The number of benzene rings is 1. The summed E-state index contributed by atoms with van der Waals surface area (Å²) in [5.41, 5.74) is 2.27. The van der Waals surface area contributed by atoms with Gasteiger partial charge in [-0.25, -0.2) is 0 Å². The molecule has 2 aromatic rings. The number of para-hydroxylation sites is 1. The third-order valence-corrected chi connectivity index (χ3v) is 3.17. The number of nitrogens with one attached hydrogen (secondary N) is 2. The van der Waals surface area contributed by atoms with Crippen LogP contribution in [0.1, 0.15) is 48.4 Å². The fourth-order valence-electron chi connectivity index (χ4n) is 2.13. The van der Waals surface area contributed by atoms with Crippen LogP contribution in [0.3, 0.4) is 0 Å². The monoisotopic (exact) mass is 287 g/mol. The second-order valence-corrected chi connectivity index (χ2v) is 5.31. The van der Waals surface area contributed by atoms with Crippen LogP contribution in [0.25, 0.3) is 0 Å². The Morgan fingerprint density at radius 1 is 1.29 bits per heavy atom. The molecule has 0 saturated heterocycles. The highest BCUT2D eigenvalue weighted by molar-refractivity contribution is 5.95. The zero-order chi connectivity index (χ0) is 15.4. The normalized spacial score (nSPS) is 12.2. The second kappa shape index (κ2) is 6.43. The van der Waals surface area contributed by atoms with Crippen LogP contribution in [-0.2, 0) is 0 Å². The van der Waals surface area contributed by atoms with Gasteiger partial charge < -0.3 is 10.1 Å². The highest BCUT2D eigenvalue weighted by Gasteiger charge is 2.17. The molecule has 1 aromatic heterocycles. The lowest BCUT2D eigenvalue weighted by Crippen LogP contribution is -2.27. The number of hydrogen-bond acceptors (Lipinski definition) is 3. The molecule has 1 amide bonds. The van der Waals surface area contributed by atoms with E-state index in [9.17, 15) is 4.79 Å². The zero-order valence-corrected chi connectivity index (χ0v) is 12.8. The van der Waals surface area contributed by atoms with Gasteiger partial charge in [-0.05, 0) is 33.8 Å². The molecular formula is C16H21N3O2. The van der Waals surface area contributed by atoms with Crippen molar-refractivity contribution in [2.45, 2.75) is 39.8 Å². The molecule has 21 heavy (non-hydrogen) atoms. The fourth-order valence-corrected chi connectivity index (χ4v) is 2.13. The van der Waals surface area contributed by atoms with E-state index in [-0.39, 0.29) is 18.1 Å². The highest BCUT2D eigenvalue weighted by Crippen LogP contribution is 2.26. The summed E-state index contributed by atoms with van der Waals surface area (Å²) in [7, 11) is 0. The minimum absolute atomic E-state index is 0.0881. The summed E-state index contributed by atoms with van der Waals surface area (Å²) < 4.78 is 5.79. The van der Waals surface area contributed by atoms with Crippen molar-refractivity contribution in [3.05, 3.63) is 47.3 Å². The molecule has 5 nitrogen and oxygen atoms in total. The number of carbonyl (C=O) groups excluding carboxylic acids is 1. The minimum Gasteiger partial charge on any atom is -0.491 e. The number of H-pyrrole nitrogens is 1. The summed E-state index contributed by atoms with van der Waals surface area (Å²) in [6.45, 7) is 7.72. The molecule has 0 spiro atoms. The van der Waals surface area contributed by atoms with E-state index in [2.05, 4.69) is 15.5 Å². The maximum atomic E-state index is 12.2. The van der Waals surface area contributed by atoms with Gasteiger partial charge in [-0.15, -0.1) is 0 Å². The molecule has 1 aromatic carbocycles. The van der Waals surface area contributed by atoms with Gasteiger partial charge in [0.15, 0.2) is 0 Å². The van der Waals surface area contributed by atoms with Crippen molar-refractivity contribution >= 4 is 5.91 Å². The predicted octanol–water partition coefficient (Wildman–Crippen LogP) is 3.00. The van der Waals surface area contributed by atoms with Crippen LogP contribution < -0.4 is 10.1 Å². The summed E-state index contributed by atoms with van der Waals surface area (Å²) >= 11 is 0. The van der Waals surface area contributed by atoms with Crippen molar-refractivity contribution in [1.29, 1.82) is 0 Å². The molecule has 112 valence electrons. The van der Waals surface area contributed by atoms with Crippen LogP contribution in [0.2, 0.25) is 0 Å². The Labute approximate surface area is 124 Å². The first kappa shape index (κ1) is 15.1. The maximum absolute atomic E-state index is 12.2. The quantitative estimate of drug-likeness (QED) is 0.888. The van der Waals surface area contributed by atoms with Crippen LogP contribution in [0.5, 0.6) is 5.75 Å². The Morgan fingerprint density at radius 3 is 2.62 bits per heavy atom. The van der Waals surface area contributed by atoms with Gasteiger partial charge in [-0.3, -0.25) is 9.89 Å². The van der Waals surface area contributed by atoms with Crippen LogP contribution in [0, 0.1) is 6.92 Å². The van der Waals surface area contributed by atoms with Crippen LogP contribution in [-0.4, -0.2) is 22.2 Å². The number of amides is 1. The maximum Gasteiger partial charge on any atom is 0.255 e. The average molecular weight is 287 g/mol. The number of hydrogen-bond donors (Lipinski definition) is 2. The third kappa shape index (κ3) is 3.62. The van der Waals surface area contributed by atoms with E-state index in [0.29, 0.717) is 5.56 Å². The molecule has 0 bridgehead atoms.